The van der Waals surface area contributed by atoms with Gasteiger partial charge in [-0.05, 0) is 47.7 Å². The molecule has 1 aliphatic rings. The number of carbonyl (C=O) groups is 2. The van der Waals surface area contributed by atoms with Crippen LogP contribution < -0.4 is 14.8 Å². The number of aliphatic carboxylic acids is 2. The van der Waals surface area contributed by atoms with Crippen LogP contribution in [0.1, 0.15) is 46.8 Å². The standard InChI is InChI=1S/C33H27ClFN3O6/c34-26-11-21(17-38-28(33(41)42)12-32(39)40)30(43-18-20-10-19(14-36)15-37-16-20)13-31(26)44-29-9-8-23-22(5-3-6-25(23)29)24-4-1-2-7-27(24)35/h1-7,10-11,13,15-16,28-29,38H,8-9,12,17-18H2,(H,39,40)(H,41,42)/t28-,29-/m0/s1. The summed E-state index contributed by atoms with van der Waals surface area (Å²) in [5.74, 6) is -2.23. The lowest BCUT2D eigenvalue weighted by Crippen LogP contribution is -2.38. The molecule has 224 valence electrons. The Bertz CT molecular complexity index is 1760. The number of nitriles is 1. The zero-order valence-electron chi connectivity index (χ0n) is 23.3. The predicted octanol–water partition coefficient (Wildman–Crippen LogP) is 6.08. The van der Waals surface area contributed by atoms with E-state index in [1.807, 2.05) is 24.3 Å². The van der Waals surface area contributed by atoms with Crippen molar-refractivity contribution in [2.24, 2.45) is 0 Å². The topological polar surface area (TPSA) is 142 Å². The molecule has 1 aliphatic carbocycles. The van der Waals surface area contributed by atoms with Crippen LogP contribution in [0.5, 0.6) is 11.5 Å². The van der Waals surface area contributed by atoms with Gasteiger partial charge >= 0.3 is 11.9 Å². The second-order valence-electron chi connectivity index (χ2n) is 10.2. The molecule has 0 spiro atoms. The van der Waals surface area contributed by atoms with Crippen LogP contribution in [0.25, 0.3) is 11.1 Å². The molecule has 11 heteroatoms. The largest absolute Gasteiger partial charge is 0.488 e. The van der Waals surface area contributed by atoms with Gasteiger partial charge in [0.2, 0.25) is 0 Å². The first-order chi connectivity index (χ1) is 21.2. The molecule has 0 radical (unpaired) electrons. The molecule has 4 aromatic rings. The van der Waals surface area contributed by atoms with E-state index in [-0.39, 0.29) is 30.1 Å². The van der Waals surface area contributed by atoms with E-state index in [2.05, 4.69) is 10.3 Å². The van der Waals surface area contributed by atoms with Crippen molar-refractivity contribution in [3.8, 4) is 28.7 Å². The summed E-state index contributed by atoms with van der Waals surface area (Å²) < 4.78 is 27.1. The second-order valence-corrected chi connectivity index (χ2v) is 10.6. The fourth-order valence-electron chi connectivity index (χ4n) is 5.21. The van der Waals surface area contributed by atoms with Crippen molar-refractivity contribution in [3.63, 3.8) is 0 Å². The number of halogens is 2. The van der Waals surface area contributed by atoms with Gasteiger partial charge in [0.1, 0.15) is 42.1 Å². The minimum atomic E-state index is -1.34. The zero-order valence-corrected chi connectivity index (χ0v) is 24.1. The van der Waals surface area contributed by atoms with Crippen molar-refractivity contribution in [1.82, 2.24) is 10.3 Å². The normalized spacial score (nSPS) is 14.3. The van der Waals surface area contributed by atoms with Crippen LogP contribution in [-0.2, 0) is 29.2 Å². The number of nitrogens with zero attached hydrogens (tertiary/aromatic N) is 2. The first-order valence-electron chi connectivity index (χ1n) is 13.7. The molecule has 0 saturated carbocycles. The minimum Gasteiger partial charge on any atom is -0.488 e. The van der Waals surface area contributed by atoms with Gasteiger partial charge < -0.3 is 19.7 Å². The van der Waals surface area contributed by atoms with Gasteiger partial charge in [-0.25, -0.2) is 4.39 Å². The summed E-state index contributed by atoms with van der Waals surface area (Å²) in [6, 6.07) is 17.8. The van der Waals surface area contributed by atoms with E-state index >= 15 is 0 Å². The first kappa shape index (κ1) is 30.5. The molecule has 0 aliphatic heterocycles. The second kappa shape index (κ2) is 13.5. The molecule has 9 nitrogen and oxygen atoms in total. The third-order valence-electron chi connectivity index (χ3n) is 7.30. The Labute approximate surface area is 257 Å². The average molecular weight is 616 g/mol. The Morgan fingerprint density at radius 2 is 1.89 bits per heavy atom. The zero-order chi connectivity index (χ0) is 31.2. The van der Waals surface area contributed by atoms with Crippen molar-refractivity contribution in [2.45, 2.75) is 44.6 Å². The van der Waals surface area contributed by atoms with Crippen LogP contribution in [0.15, 0.2) is 73.1 Å². The number of pyridine rings is 1. The Morgan fingerprint density at radius 3 is 2.64 bits per heavy atom. The van der Waals surface area contributed by atoms with Crippen molar-refractivity contribution >= 4 is 23.5 Å². The van der Waals surface area contributed by atoms with Crippen molar-refractivity contribution in [1.29, 1.82) is 5.26 Å². The number of benzene rings is 3. The van der Waals surface area contributed by atoms with E-state index in [4.69, 9.17) is 26.2 Å². The van der Waals surface area contributed by atoms with E-state index in [1.54, 1.807) is 42.6 Å². The molecule has 0 unspecified atom stereocenters. The SMILES string of the molecule is N#Cc1cncc(COc2cc(O[C@H]3CCc4c(-c5ccccc5F)cccc43)c(Cl)cc2CN[C@@H](CC(=O)O)C(=O)O)c1. The maximum absolute atomic E-state index is 14.6. The summed E-state index contributed by atoms with van der Waals surface area (Å²) in [4.78, 5) is 26.8. The summed E-state index contributed by atoms with van der Waals surface area (Å²) in [5.41, 5.74) is 4.71. The number of rotatable bonds is 12. The van der Waals surface area contributed by atoms with E-state index in [0.29, 0.717) is 46.6 Å². The van der Waals surface area contributed by atoms with Gasteiger partial charge in [-0.15, -0.1) is 0 Å². The highest BCUT2D eigenvalue weighted by Gasteiger charge is 2.28. The predicted molar refractivity (Wildman–Crippen MR) is 159 cm³/mol. The monoisotopic (exact) mass is 615 g/mol. The fraction of sp³-hybridized carbons (Fsp3) is 0.212. The van der Waals surface area contributed by atoms with Crippen LogP contribution in [-0.4, -0.2) is 33.2 Å². The van der Waals surface area contributed by atoms with Gasteiger partial charge in [-0.2, -0.15) is 5.26 Å². The number of aromatic nitrogens is 1. The number of carboxylic acid groups (broad SMARTS) is 2. The van der Waals surface area contributed by atoms with Crippen LogP contribution >= 0.6 is 11.6 Å². The van der Waals surface area contributed by atoms with Crippen LogP contribution in [0.2, 0.25) is 5.02 Å². The van der Waals surface area contributed by atoms with Crippen LogP contribution in [0.4, 0.5) is 4.39 Å². The highest BCUT2D eigenvalue weighted by atomic mass is 35.5. The summed E-state index contributed by atoms with van der Waals surface area (Å²) >= 11 is 6.66. The number of hydrogen-bond donors (Lipinski definition) is 3. The van der Waals surface area contributed by atoms with E-state index in [9.17, 15) is 24.3 Å². The Balaban J connectivity index is 1.43. The first-order valence-corrected chi connectivity index (χ1v) is 14.1. The van der Waals surface area contributed by atoms with E-state index < -0.39 is 24.4 Å². The molecule has 0 bridgehead atoms. The third kappa shape index (κ3) is 6.97. The van der Waals surface area contributed by atoms with E-state index in [0.717, 1.165) is 16.7 Å². The Kier molecular flexibility index (Phi) is 9.38. The maximum Gasteiger partial charge on any atom is 0.321 e. The number of hydrogen-bond acceptors (Lipinski definition) is 7. The molecule has 3 aromatic carbocycles. The lowest BCUT2D eigenvalue weighted by molar-refractivity contribution is -0.146. The molecule has 1 heterocycles. The van der Waals surface area contributed by atoms with Gasteiger partial charge in [0.05, 0.1) is 17.0 Å². The Morgan fingerprint density at radius 1 is 1.09 bits per heavy atom. The van der Waals surface area contributed by atoms with Gasteiger partial charge in [-0.1, -0.05) is 48.0 Å². The summed E-state index contributed by atoms with van der Waals surface area (Å²) in [6.45, 7) is -0.0271. The molecule has 2 atom stereocenters. The molecule has 1 aromatic heterocycles. The molecule has 3 N–H and O–H groups in total. The molecule has 0 amide bonds. The molecular weight excluding hydrogens is 589 g/mol. The highest BCUT2D eigenvalue weighted by molar-refractivity contribution is 6.32. The number of fused-ring (bicyclic) bond motifs is 1. The van der Waals surface area contributed by atoms with E-state index in [1.165, 1.54) is 12.3 Å². The molecular formula is C33H27ClFN3O6. The van der Waals surface area contributed by atoms with Crippen LogP contribution in [0.3, 0.4) is 0 Å². The lowest BCUT2D eigenvalue weighted by Gasteiger charge is -2.20. The summed E-state index contributed by atoms with van der Waals surface area (Å²) in [6.07, 6.45) is 3.31. The summed E-state index contributed by atoms with van der Waals surface area (Å²) in [5, 5.41) is 30.8. The van der Waals surface area contributed by atoms with Crippen LogP contribution in [0, 0.1) is 17.1 Å². The Hall–Kier alpha value is -4.98. The number of nitrogens with one attached hydrogen (secondary N) is 1. The van der Waals surface area contributed by atoms with Gasteiger partial charge in [0.15, 0.2) is 0 Å². The number of carboxylic acids is 2. The third-order valence-corrected chi connectivity index (χ3v) is 7.59. The van der Waals surface area contributed by atoms with Gasteiger partial charge in [0.25, 0.3) is 0 Å². The molecule has 0 saturated heterocycles. The van der Waals surface area contributed by atoms with Crippen molar-refractivity contribution < 1.29 is 33.7 Å². The molecule has 5 rings (SSSR count). The smallest absolute Gasteiger partial charge is 0.321 e. The fourth-order valence-corrected chi connectivity index (χ4v) is 5.44. The van der Waals surface area contributed by atoms with Gasteiger partial charge in [0, 0.05) is 41.7 Å². The van der Waals surface area contributed by atoms with Gasteiger partial charge in [-0.3, -0.25) is 19.9 Å². The summed E-state index contributed by atoms with van der Waals surface area (Å²) in [7, 11) is 0. The maximum atomic E-state index is 14.6. The highest BCUT2D eigenvalue weighted by Crippen LogP contribution is 2.43. The quantitative estimate of drug-likeness (QED) is 0.173. The van der Waals surface area contributed by atoms with Crippen molar-refractivity contribution in [2.75, 3.05) is 0 Å². The average Bonchev–Trinajstić information content (AvgIpc) is 3.42. The minimum absolute atomic E-state index is 0.0341. The van der Waals surface area contributed by atoms with Crippen molar-refractivity contribution in [3.05, 3.63) is 112 Å². The lowest BCUT2D eigenvalue weighted by atomic mass is 9.96. The molecule has 0 fully saturated rings. The molecule has 44 heavy (non-hydrogen) atoms. The number of ether oxygens (including phenoxy) is 2.